The highest BCUT2D eigenvalue weighted by molar-refractivity contribution is 5.01. The van der Waals surface area contributed by atoms with Gasteiger partial charge >= 0.3 is 0 Å². The molecule has 12 heavy (non-hydrogen) atoms. The Labute approximate surface area is 73.8 Å². The van der Waals surface area contributed by atoms with E-state index in [1.54, 1.807) is 7.05 Å². The molecule has 2 aliphatic carbocycles. The molecule has 2 nitrogen and oxygen atoms in total. The average Bonchev–Trinajstić information content (AvgIpc) is 2.03. The molecule has 1 N–H and O–H groups in total. The first-order chi connectivity index (χ1) is 5.75. The third-order valence-corrected chi connectivity index (χ3v) is 3.22. The number of fused-ring (bicyclic) bond motifs is 2. The van der Waals surface area contributed by atoms with Crippen molar-refractivity contribution >= 4 is 0 Å². The minimum absolute atomic E-state index is 0.402. The molecule has 3 atom stereocenters. The summed E-state index contributed by atoms with van der Waals surface area (Å²) in [7, 11) is 1.77. The van der Waals surface area contributed by atoms with Crippen molar-refractivity contribution in [3.8, 4) is 0 Å². The van der Waals surface area contributed by atoms with E-state index in [1.165, 1.54) is 24.3 Å². The second-order valence-corrected chi connectivity index (χ2v) is 4.22. The summed E-state index contributed by atoms with van der Waals surface area (Å²) in [5, 5.41) is 10.7. The zero-order valence-electron chi connectivity index (χ0n) is 7.61. The normalized spacial score (nSPS) is 40.4. The van der Waals surface area contributed by atoms with Crippen LogP contribution in [0, 0.1) is 11.8 Å². The monoisotopic (exact) mass is 167 g/mol. The summed E-state index contributed by atoms with van der Waals surface area (Å²) in [6, 6.07) is 0.402. The number of hydrogen-bond donors (Lipinski definition) is 1. The van der Waals surface area contributed by atoms with E-state index >= 15 is 0 Å². The summed E-state index contributed by atoms with van der Waals surface area (Å²) in [5.74, 6) is 1.56. The number of allylic oxidation sites excluding steroid dienone is 2. The lowest BCUT2D eigenvalue weighted by atomic mass is 9.74. The SMILES string of the molecule is CN(O)C1CC2C=CCC(C2)C1. The van der Waals surface area contributed by atoms with Crippen LogP contribution in [0.2, 0.25) is 0 Å². The Hall–Kier alpha value is -0.340. The van der Waals surface area contributed by atoms with Gasteiger partial charge in [0, 0.05) is 13.1 Å². The zero-order chi connectivity index (χ0) is 8.55. The predicted octanol–water partition coefficient (Wildman–Crippen LogP) is 2.05. The lowest BCUT2D eigenvalue weighted by molar-refractivity contribution is -0.120. The molecule has 0 aromatic rings. The van der Waals surface area contributed by atoms with E-state index in [1.807, 2.05) is 0 Å². The van der Waals surface area contributed by atoms with Gasteiger partial charge in [0.05, 0.1) is 0 Å². The van der Waals surface area contributed by atoms with Gasteiger partial charge in [-0.2, -0.15) is 5.06 Å². The maximum absolute atomic E-state index is 9.34. The van der Waals surface area contributed by atoms with E-state index in [9.17, 15) is 5.21 Å². The quantitative estimate of drug-likeness (QED) is 0.477. The van der Waals surface area contributed by atoms with Gasteiger partial charge in [-0.3, -0.25) is 0 Å². The third-order valence-electron chi connectivity index (χ3n) is 3.22. The van der Waals surface area contributed by atoms with Gasteiger partial charge in [-0.25, -0.2) is 0 Å². The van der Waals surface area contributed by atoms with E-state index < -0.39 is 0 Å². The number of hydrogen-bond acceptors (Lipinski definition) is 2. The van der Waals surface area contributed by atoms with Crippen molar-refractivity contribution in [1.82, 2.24) is 5.06 Å². The fourth-order valence-corrected chi connectivity index (χ4v) is 2.57. The fourth-order valence-electron chi connectivity index (χ4n) is 2.57. The van der Waals surface area contributed by atoms with Gasteiger partial charge in [-0.15, -0.1) is 0 Å². The summed E-state index contributed by atoms with van der Waals surface area (Å²) in [6.45, 7) is 0. The van der Waals surface area contributed by atoms with Crippen LogP contribution in [0.1, 0.15) is 25.7 Å². The Balaban J connectivity index is 2.03. The molecule has 0 spiro atoms. The second kappa shape index (κ2) is 3.19. The Bertz CT molecular complexity index is 188. The number of hydroxylamine groups is 2. The van der Waals surface area contributed by atoms with Crippen molar-refractivity contribution < 1.29 is 5.21 Å². The van der Waals surface area contributed by atoms with Crippen LogP contribution >= 0.6 is 0 Å². The zero-order valence-corrected chi connectivity index (χ0v) is 7.61. The molecule has 3 unspecified atom stereocenters. The largest absolute Gasteiger partial charge is 0.314 e. The third kappa shape index (κ3) is 1.54. The molecule has 2 rings (SSSR count). The summed E-state index contributed by atoms with van der Waals surface area (Å²) >= 11 is 0. The number of rotatable bonds is 1. The van der Waals surface area contributed by atoms with E-state index in [0.29, 0.717) is 6.04 Å². The van der Waals surface area contributed by atoms with Crippen molar-refractivity contribution in [2.75, 3.05) is 7.05 Å². The van der Waals surface area contributed by atoms with E-state index in [-0.39, 0.29) is 0 Å². The van der Waals surface area contributed by atoms with Gasteiger partial charge in [-0.1, -0.05) is 12.2 Å². The molecule has 0 saturated heterocycles. The van der Waals surface area contributed by atoms with Crippen molar-refractivity contribution in [2.24, 2.45) is 11.8 Å². The molecular weight excluding hydrogens is 150 g/mol. The first-order valence-electron chi connectivity index (χ1n) is 4.84. The molecule has 68 valence electrons. The van der Waals surface area contributed by atoms with Crippen molar-refractivity contribution in [3.63, 3.8) is 0 Å². The van der Waals surface area contributed by atoms with Gasteiger partial charge in [0.1, 0.15) is 0 Å². The van der Waals surface area contributed by atoms with Crippen molar-refractivity contribution in [3.05, 3.63) is 12.2 Å². The molecule has 0 aliphatic heterocycles. The van der Waals surface area contributed by atoms with Gasteiger partial charge in [0.25, 0.3) is 0 Å². The highest BCUT2D eigenvalue weighted by Crippen LogP contribution is 2.37. The molecule has 1 fully saturated rings. The van der Waals surface area contributed by atoms with Gasteiger partial charge < -0.3 is 5.21 Å². The van der Waals surface area contributed by atoms with Crippen LogP contribution < -0.4 is 0 Å². The Morgan fingerprint density at radius 2 is 2.17 bits per heavy atom. The summed E-state index contributed by atoms with van der Waals surface area (Å²) in [4.78, 5) is 0. The molecule has 0 aromatic heterocycles. The number of nitrogens with zero attached hydrogens (tertiary/aromatic N) is 1. The summed E-state index contributed by atoms with van der Waals surface area (Å²) < 4.78 is 0. The lowest BCUT2D eigenvalue weighted by Gasteiger charge is -2.37. The molecule has 2 heteroatoms. The van der Waals surface area contributed by atoms with Crippen LogP contribution in [0.25, 0.3) is 0 Å². The van der Waals surface area contributed by atoms with Crippen LogP contribution in [0.5, 0.6) is 0 Å². The first-order valence-corrected chi connectivity index (χ1v) is 4.84. The molecule has 2 aliphatic rings. The van der Waals surface area contributed by atoms with Crippen LogP contribution in [0.4, 0.5) is 0 Å². The summed E-state index contributed by atoms with van der Waals surface area (Å²) in [5.41, 5.74) is 0. The van der Waals surface area contributed by atoms with Crippen LogP contribution in [-0.4, -0.2) is 23.4 Å². The second-order valence-electron chi connectivity index (χ2n) is 4.22. The van der Waals surface area contributed by atoms with Gasteiger partial charge in [0.2, 0.25) is 0 Å². The van der Waals surface area contributed by atoms with E-state index in [4.69, 9.17) is 0 Å². The Morgan fingerprint density at radius 3 is 2.83 bits per heavy atom. The molecule has 1 saturated carbocycles. The molecular formula is C10H17NO. The van der Waals surface area contributed by atoms with Crippen LogP contribution in [0.3, 0.4) is 0 Å². The van der Waals surface area contributed by atoms with E-state index in [0.717, 1.165) is 18.3 Å². The average molecular weight is 167 g/mol. The van der Waals surface area contributed by atoms with Crippen LogP contribution in [0.15, 0.2) is 12.2 Å². The molecule has 0 amide bonds. The minimum Gasteiger partial charge on any atom is -0.314 e. The standard InChI is InChI=1S/C10H17NO/c1-11(12)10-6-8-3-2-4-9(5-8)7-10/h2-3,8-10,12H,4-7H2,1H3. The fraction of sp³-hybridized carbons (Fsp3) is 0.800. The maximum Gasteiger partial charge on any atom is 0.0355 e. The van der Waals surface area contributed by atoms with Gasteiger partial charge in [0.15, 0.2) is 0 Å². The summed E-state index contributed by atoms with van der Waals surface area (Å²) in [6.07, 6.45) is 9.52. The van der Waals surface area contributed by atoms with Crippen molar-refractivity contribution in [2.45, 2.75) is 31.7 Å². The van der Waals surface area contributed by atoms with Crippen molar-refractivity contribution in [1.29, 1.82) is 0 Å². The molecule has 2 bridgehead atoms. The molecule has 0 radical (unpaired) electrons. The van der Waals surface area contributed by atoms with Gasteiger partial charge in [-0.05, 0) is 37.5 Å². The molecule has 0 heterocycles. The topological polar surface area (TPSA) is 23.5 Å². The van der Waals surface area contributed by atoms with Crippen LogP contribution in [-0.2, 0) is 0 Å². The lowest BCUT2D eigenvalue weighted by Crippen LogP contribution is -2.37. The van der Waals surface area contributed by atoms with E-state index in [2.05, 4.69) is 12.2 Å². The highest BCUT2D eigenvalue weighted by atomic mass is 16.5. The Morgan fingerprint density at radius 1 is 1.33 bits per heavy atom. The highest BCUT2D eigenvalue weighted by Gasteiger charge is 2.30. The Kier molecular flexibility index (Phi) is 2.20. The predicted molar refractivity (Wildman–Crippen MR) is 47.9 cm³/mol. The minimum atomic E-state index is 0.402. The first kappa shape index (κ1) is 8.27. The molecule has 0 aromatic carbocycles. The smallest absolute Gasteiger partial charge is 0.0355 e. The maximum atomic E-state index is 9.34.